The Labute approximate surface area is 95.4 Å². The van der Waals surface area contributed by atoms with Gasteiger partial charge in [-0.1, -0.05) is 0 Å². The van der Waals surface area contributed by atoms with Crippen LogP contribution in [0.25, 0.3) is 0 Å². The summed E-state index contributed by atoms with van der Waals surface area (Å²) in [4.78, 5) is 24.5. The Morgan fingerprint density at radius 3 is 2.75 bits per heavy atom. The minimum Gasteiger partial charge on any atom is -0.480 e. The third-order valence-electron chi connectivity index (χ3n) is 3.14. The molecule has 0 aliphatic carbocycles. The largest absolute Gasteiger partial charge is 0.480 e. The fourth-order valence-electron chi connectivity index (χ4n) is 2.09. The monoisotopic (exact) mass is 229 g/mol. The van der Waals surface area contributed by atoms with Crippen LogP contribution in [0.2, 0.25) is 0 Å². The summed E-state index contributed by atoms with van der Waals surface area (Å²) in [5.41, 5.74) is -1.01. The minimum atomic E-state index is -1.01. The maximum absolute atomic E-state index is 11.8. The molecule has 0 spiro atoms. The Morgan fingerprint density at radius 2 is 2.19 bits per heavy atom. The van der Waals surface area contributed by atoms with Crippen molar-refractivity contribution < 1.29 is 19.4 Å². The van der Waals surface area contributed by atoms with Gasteiger partial charge in [0, 0.05) is 26.7 Å². The Hall–Kier alpha value is -1.10. The maximum atomic E-state index is 11.8. The first-order valence-corrected chi connectivity index (χ1v) is 5.55. The SMILES string of the molecule is COCCCC(=O)N1CCCC1(C)C(=O)O. The van der Waals surface area contributed by atoms with E-state index in [9.17, 15) is 9.59 Å². The molecule has 92 valence electrons. The van der Waals surface area contributed by atoms with Gasteiger partial charge in [0.2, 0.25) is 5.91 Å². The number of hydrogen-bond donors (Lipinski definition) is 1. The van der Waals surface area contributed by atoms with E-state index >= 15 is 0 Å². The Morgan fingerprint density at radius 1 is 1.50 bits per heavy atom. The molecule has 0 aromatic rings. The number of carbonyl (C=O) groups excluding carboxylic acids is 1. The van der Waals surface area contributed by atoms with Crippen molar-refractivity contribution in [3.63, 3.8) is 0 Å². The highest BCUT2D eigenvalue weighted by molar-refractivity contribution is 5.87. The van der Waals surface area contributed by atoms with E-state index in [1.165, 1.54) is 4.90 Å². The predicted molar refractivity (Wildman–Crippen MR) is 58.1 cm³/mol. The Kier molecular flexibility index (Phi) is 4.29. The molecule has 0 saturated carbocycles. The highest BCUT2D eigenvalue weighted by Crippen LogP contribution is 2.29. The number of ether oxygens (including phenoxy) is 1. The van der Waals surface area contributed by atoms with Crippen molar-refractivity contribution in [1.29, 1.82) is 0 Å². The van der Waals surface area contributed by atoms with E-state index in [0.717, 1.165) is 6.42 Å². The van der Waals surface area contributed by atoms with Crippen LogP contribution >= 0.6 is 0 Å². The van der Waals surface area contributed by atoms with Crippen LogP contribution < -0.4 is 0 Å². The third kappa shape index (κ3) is 2.52. The van der Waals surface area contributed by atoms with Gasteiger partial charge in [0.1, 0.15) is 5.54 Å². The number of carboxylic acids is 1. The van der Waals surface area contributed by atoms with Crippen LogP contribution in [0.15, 0.2) is 0 Å². The van der Waals surface area contributed by atoms with E-state index in [1.807, 2.05) is 0 Å². The molecule has 0 aromatic heterocycles. The second-order valence-electron chi connectivity index (χ2n) is 4.32. The van der Waals surface area contributed by atoms with Crippen LogP contribution in [0, 0.1) is 0 Å². The number of aliphatic carboxylic acids is 1. The molecule has 1 unspecified atom stereocenters. The summed E-state index contributed by atoms with van der Waals surface area (Å²) < 4.78 is 4.87. The highest BCUT2D eigenvalue weighted by Gasteiger charge is 2.45. The molecule has 1 atom stereocenters. The predicted octanol–water partition coefficient (Wildman–Crippen LogP) is 0.879. The fourth-order valence-corrected chi connectivity index (χ4v) is 2.09. The smallest absolute Gasteiger partial charge is 0.329 e. The van der Waals surface area contributed by atoms with Crippen LogP contribution in [0.4, 0.5) is 0 Å². The van der Waals surface area contributed by atoms with Crippen LogP contribution in [-0.2, 0) is 14.3 Å². The van der Waals surface area contributed by atoms with E-state index < -0.39 is 11.5 Å². The number of carboxylic acid groups (broad SMARTS) is 1. The van der Waals surface area contributed by atoms with Crippen molar-refractivity contribution in [2.24, 2.45) is 0 Å². The molecule has 0 bridgehead atoms. The second kappa shape index (κ2) is 5.30. The van der Waals surface area contributed by atoms with Crippen molar-refractivity contribution in [3.05, 3.63) is 0 Å². The number of methoxy groups -OCH3 is 1. The molecule has 0 radical (unpaired) electrons. The molecule has 1 heterocycles. The van der Waals surface area contributed by atoms with E-state index in [1.54, 1.807) is 14.0 Å². The first-order valence-electron chi connectivity index (χ1n) is 5.55. The number of hydrogen-bond acceptors (Lipinski definition) is 3. The Bertz CT molecular complexity index is 279. The summed E-state index contributed by atoms with van der Waals surface area (Å²) in [5, 5.41) is 9.14. The van der Waals surface area contributed by atoms with Crippen molar-refractivity contribution in [2.75, 3.05) is 20.3 Å². The highest BCUT2D eigenvalue weighted by atomic mass is 16.5. The van der Waals surface area contributed by atoms with Gasteiger partial charge in [0.15, 0.2) is 0 Å². The first-order chi connectivity index (χ1) is 7.52. The van der Waals surface area contributed by atoms with Crippen molar-refractivity contribution in [1.82, 2.24) is 4.90 Å². The summed E-state index contributed by atoms with van der Waals surface area (Å²) in [7, 11) is 1.59. The van der Waals surface area contributed by atoms with Gasteiger partial charge in [-0.2, -0.15) is 0 Å². The maximum Gasteiger partial charge on any atom is 0.329 e. The van der Waals surface area contributed by atoms with Gasteiger partial charge in [-0.05, 0) is 26.2 Å². The fraction of sp³-hybridized carbons (Fsp3) is 0.818. The zero-order chi connectivity index (χ0) is 12.2. The minimum absolute atomic E-state index is 0.0838. The topological polar surface area (TPSA) is 66.8 Å². The number of amides is 1. The third-order valence-corrected chi connectivity index (χ3v) is 3.14. The quantitative estimate of drug-likeness (QED) is 0.711. The van der Waals surface area contributed by atoms with Crippen LogP contribution in [0.5, 0.6) is 0 Å². The normalized spacial score (nSPS) is 24.8. The van der Waals surface area contributed by atoms with Crippen LogP contribution in [-0.4, -0.2) is 47.7 Å². The lowest BCUT2D eigenvalue weighted by Crippen LogP contribution is -2.50. The molecular formula is C11H19NO4. The van der Waals surface area contributed by atoms with Gasteiger partial charge in [-0.15, -0.1) is 0 Å². The van der Waals surface area contributed by atoms with Crippen LogP contribution in [0.1, 0.15) is 32.6 Å². The standard InChI is InChI=1S/C11H19NO4/c1-11(10(14)15)6-4-7-12(11)9(13)5-3-8-16-2/h3-8H2,1-2H3,(H,14,15). The molecule has 1 aliphatic rings. The molecule has 1 amide bonds. The summed E-state index contributed by atoms with van der Waals surface area (Å²) >= 11 is 0. The molecule has 1 fully saturated rings. The average molecular weight is 229 g/mol. The van der Waals surface area contributed by atoms with Crippen molar-refractivity contribution in [3.8, 4) is 0 Å². The van der Waals surface area contributed by atoms with Gasteiger partial charge in [0.25, 0.3) is 0 Å². The van der Waals surface area contributed by atoms with E-state index in [2.05, 4.69) is 0 Å². The second-order valence-corrected chi connectivity index (χ2v) is 4.32. The van der Waals surface area contributed by atoms with Gasteiger partial charge in [-0.25, -0.2) is 4.79 Å². The molecule has 5 nitrogen and oxygen atoms in total. The van der Waals surface area contributed by atoms with Gasteiger partial charge >= 0.3 is 5.97 Å². The van der Waals surface area contributed by atoms with E-state index in [-0.39, 0.29) is 5.91 Å². The lowest BCUT2D eigenvalue weighted by atomic mass is 9.99. The summed E-state index contributed by atoms with van der Waals surface area (Å²) in [5.74, 6) is -0.996. The number of nitrogens with zero attached hydrogens (tertiary/aromatic N) is 1. The molecule has 0 aromatic carbocycles. The van der Waals surface area contributed by atoms with Gasteiger partial charge in [0.05, 0.1) is 0 Å². The van der Waals surface area contributed by atoms with E-state index in [0.29, 0.717) is 32.4 Å². The number of rotatable bonds is 5. The van der Waals surface area contributed by atoms with Gasteiger partial charge < -0.3 is 14.7 Å². The average Bonchev–Trinajstić information content (AvgIpc) is 2.62. The molecule has 1 aliphatic heterocycles. The zero-order valence-corrected chi connectivity index (χ0v) is 9.86. The molecular weight excluding hydrogens is 210 g/mol. The Balaban J connectivity index is 2.58. The summed E-state index contributed by atoms with van der Waals surface area (Å²) in [6.07, 6.45) is 2.30. The molecule has 5 heteroatoms. The summed E-state index contributed by atoms with van der Waals surface area (Å²) in [6.45, 7) is 2.70. The van der Waals surface area contributed by atoms with Crippen molar-refractivity contribution in [2.45, 2.75) is 38.1 Å². The molecule has 16 heavy (non-hydrogen) atoms. The van der Waals surface area contributed by atoms with Gasteiger partial charge in [-0.3, -0.25) is 4.79 Å². The molecule has 1 saturated heterocycles. The summed E-state index contributed by atoms with van der Waals surface area (Å²) in [6, 6.07) is 0. The molecule has 1 rings (SSSR count). The van der Waals surface area contributed by atoms with Crippen LogP contribution in [0.3, 0.4) is 0 Å². The number of likely N-dealkylation sites (tertiary alicyclic amines) is 1. The first kappa shape index (κ1) is 13.0. The van der Waals surface area contributed by atoms with E-state index in [4.69, 9.17) is 9.84 Å². The van der Waals surface area contributed by atoms with Crippen molar-refractivity contribution >= 4 is 11.9 Å². The lowest BCUT2D eigenvalue weighted by Gasteiger charge is -2.31. The molecule has 1 N–H and O–H groups in total. The number of carbonyl (C=O) groups is 2. The zero-order valence-electron chi connectivity index (χ0n) is 9.86. The lowest BCUT2D eigenvalue weighted by molar-refractivity contribution is -0.155.